The van der Waals surface area contributed by atoms with E-state index in [-0.39, 0.29) is 11.9 Å². The van der Waals surface area contributed by atoms with Crippen LogP contribution in [0, 0.1) is 6.92 Å². The van der Waals surface area contributed by atoms with Crippen LogP contribution in [-0.2, 0) is 11.3 Å². The van der Waals surface area contributed by atoms with E-state index in [1.165, 1.54) is 4.90 Å². The average molecular weight is 282 g/mol. The fraction of sp³-hybridized carbons (Fsp3) is 0.385. The first-order chi connectivity index (χ1) is 8.99. The van der Waals surface area contributed by atoms with Gasteiger partial charge in [-0.1, -0.05) is 17.7 Å². The van der Waals surface area contributed by atoms with Crippen LogP contribution in [0.2, 0.25) is 5.02 Å². The number of benzene rings is 1. The number of halogens is 1. The highest BCUT2D eigenvalue weighted by molar-refractivity contribution is 6.30. The minimum atomic E-state index is -0.444. The largest absolute Gasteiger partial charge is 0.350 e. The molecule has 0 spiro atoms. The summed E-state index contributed by atoms with van der Waals surface area (Å²) in [6.07, 6.45) is 0. The molecule has 0 radical (unpaired) electrons. The van der Waals surface area contributed by atoms with Crippen LogP contribution in [0.3, 0.4) is 0 Å². The number of rotatable bonds is 3. The third kappa shape index (κ3) is 2.98. The third-order valence-corrected chi connectivity index (χ3v) is 3.53. The Labute approximate surface area is 116 Å². The molecule has 1 fully saturated rings. The highest BCUT2D eigenvalue weighted by Gasteiger charge is 2.32. The normalized spacial score (nSPS) is 18.4. The van der Waals surface area contributed by atoms with Gasteiger partial charge in [0.1, 0.15) is 6.04 Å². The van der Waals surface area contributed by atoms with Gasteiger partial charge in [0.05, 0.1) is 0 Å². The molecule has 2 rings (SSSR count). The van der Waals surface area contributed by atoms with Crippen LogP contribution >= 0.6 is 11.6 Å². The summed E-state index contributed by atoms with van der Waals surface area (Å²) in [5, 5.41) is 6.14. The summed E-state index contributed by atoms with van der Waals surface area (Å²) in [4.78, 5) is 24.7. The van der Waals surface area contributed by atoms with E-state index in [9.17, 15) is 9.59 Å². The Bertz CT molecular complexity index is 519. The summed E-state index contributed by atoms with van der Waals surface area (Å²) < 4.78 is 0. The molecule has 0 aromatic heterocycles. The molecule has 3 amide bonds. The molecule has 1 aliphatic rings. The molecule has 5 nitrogen and oxygen atoms in total. The summed E-state index contributed by atoms with van der Waals surface area (Å²) in [5.41, 5.74) is 2.04. The molecule has 1 aliphatic heterocycles. The highest BCUT2D eigenvalue weighted by Crippen LogP contribution is 2.15. The van der Waals surface area contributed by atoms with Gasteiger partial charge in [-0.3, -0.25) is 4.79 Å². The van der Waals surface area contributed by atoms with Gasteiger partial charge in [0.25, 0.3) is 0 Å². The molecule has 6 heteroatoms. The molecule has 1 heterocycles. The number of likely N-dealkylation sites (N-methyl/N-ethyl adjacent to an activating group) is 1. The fourth-order valence-corrected chi connectivity index (χ4v) is 2.24. The van der Waals surface area contributed by atoms with Gasteiger partial charge in [-0.2, -0.15) is 0 Å². The number of carbonyl (C=O) groups excluding carboxylic acids is 2. The number of carbonyl (C=O) groups is 2. The lowest BCUT2D eigenvalue weighted by atomic mass is 10.1. The number of amides is 3. The number of hydrogen-bond donors (Lipinski definition) is 2. The van der Waals surface area contributed by atoms with Crippen molar-refractivity contribution < 1.29 is 9.59 Å². The minimum absolute atomic E-state index is 0.157. The van der Waals surface area contributed by atoms with Gasteiger partial charge in [0.15, 0.2) is 0 Å². The summed E-state index contributed by atoms with van der Waals surface area (Å²) in [5.74, 6) is -0.157. The Morgan fingerprint density at radius 1 is 1.58 bits per heavy atom. The second kappa shape index (κ2) is 5.48. The Kier molecular flexibility index (Phi) is 3.95. The van der Waals surface area contributed by atoms with Crippen LogP contribution in [0.1, 0.15) is 11.1 Å². The number of nitrogens with one attached hydrogen (secondary N) is 2. The van der Waals surface area contributed by atoms with Crippen molar-refractivity contribution in [3.63, 3.8) is 0 Å². The number of urea groups is 1. The van der Waals surface area contributed by atoms with Gasteiger partial charge >= 0.3 is 6.03 Å². The molecule has 0 unspecified atom stereocenters. The average Bonchev–Trinajstić information content (AvgIpc) is 2.69. The van der Waals surface area contributed by atoms with Gasteiger partial charge in [0.2, 0.25) is 5.91 Å². The molecule has 1 aromatic carbocycles. The van der Waals surface area contributed by atoms with E-state index >= 15 is 0 Å². The van der Waals surface area contributed by atoms with Gasteiger partial charge < -0.3 is 15.5 Å². The summed E-state index contributed by atoms with van der Waals surface area (Å²) >= 11 is 5.88. The van der Waals surface area contributed by atoms with E-state index in [4.69, 9.17) is 11.6 Å². The quantitative estimate of drug-likeness (QED) is 0.877. The van der Waals surface area contributed by atoms with Crippen molar-refractivity contribution in [2.45, 2.75) is 19.5 Å². The second-order valence-electron chi connectivity index (χ2n) is 4.60. The lowest BCUT2D eigenvalue weighted by Gasteiger charge is -2.17. The fourth-order valence-electron chi connectivity index (χ4n) is 2.01. The zero-order chi connectivity index (χ0) is 14.0. The van der Waals surface area contributed by atoms with Crippen molar-refractivity contribution >= 4 is 23.5 Å². The number of nitrogens with zero attached hydrogens (tertiary/aromatic N) is 1. The Morgan fingerprint density at radius 2 is 2.32 bits per heavy atom. The SMILES string of the molecule is Cc1cc(Cl)ccc1CNC(=O)[C@@H]1CNC(=O)N1C. The topological polar surface area (TPSA) is 61.4 Å². The van der Waals surface area contributed by atoms with E-state index in [2.05, 4.69) is 10.6 Å². The van der Waals surface area contributed by atoms with Gasteiger partial charge in [-0.25, -0.2) is 4.79 Å². The summed E-state index contributed by atoms with van der Waals surface area (Å²) in [6.45, 7) is 2.72. The molecular weight excluding hydrogens is 266 g/mol. The molecule has 102 valence electrons. The van der Waals surface area contributed by atoms with Crippen LogP contribution < -0.4 is 10.6 Å². The van der Waals surface area contributed by atoms with Crippen molar-refractivity contribution in [2.75, 3.05) is 13.6 Å². The van der Waals surface area contributed by atoms with Gasteiger partial charge in [-0.05, 0) is 30.2 Å². The van der Waals surface area contributed by atoms with E-state index < -0.39 is 6.04 Å². The lowest BCUT2D eigenvalue weighted by molar-refractivity contribution is -0.124. The molecule has 1 atom stereocenters. The lowest BCUT2D eigenvalue weighted by Crippen LogP contribution is -2.43. The van der Waals surface area contributed by atoms with Crippen molar-refractivity contribution in [2.24, 2.45) is 0 Å². The molecule has 0 saturated carbocycles. The first-order valence-electron chi connectivity index (χ1n) is 6.02. The Hall–Kier alpha value is -1.75. The molecule has 2 N–H and O–H groups in total. The maximum absolute atomic E-state index is 12.0. The predicted octanol–water partition coefficient (Wildman–Crippen LogP) is 1.29. The minimum Gasteiger partial charge on any atom is -0.350 e. The van der Waals surface area contributed by atoms with Gasteiger partial charge in [-0.15, -0.1) is 0 Å². The van der Waals surface area contributed by atoms with Crippen LogP contribution in [0.15, 0.2) is 18.2 Å². The van der Waals surface area contributed by atoms with Crippen molar-refractivity contribution in [3.05, 3.63) is 34.3 Å². The van der Waals surface area contributed by atoms with E-state index in [1.807, 2.05) is 19.1 Å². The Morgan fingerprint density at radius 3 is 2.89 bits per heavy atom. The molecule has 1 aromatic rings. The Balaban J connectivity index is 1.95. The van der Waals surface area contributed by atoms with E-state index in [1.54, 1.807) is 13.1 Å². The third-order valence-electron chi connectivity index (χ3n) is 3.29. The first-order valence-corrected chi connectivity index (χ1v) is 6.40. The maximum atomic E-state index is 12.0. The van der Waals surface area contributed by atoms with Crippen LogP contribution in [0.25, 0.3) is 0 Å². The predicted molar refractivity (Wildman–Crippen MR) is 73.0 cm³/mol. The molecular formula is C13H16ClN3O2. The monoisotopic (exact) mass is 281 g/mol. The van der Waals surface area contributed by atoms with Crippen molar-refractivity contribution in [1.82, 2.24) is 15.5 Å². The molecule has 19 heavy (non-hydrogen) atoms. The number of aryl methyl sites for hydroxylation is 1. The number of hydrogen-bond acceptors (Lipinski definition) is 2. The summed E-state index contributed by atoms with van der Waals surface area (Å²) in [7, 11) is 1.61. The second-order valence-corrected chi connectivity index (χ2v) is 5.04. The zero-order valence-corrected chi connectivity index (χ0v) is 11.6. The zero-order valence-electron chi connectivity index (χ0n) is 10.9. The van der Waals surface area contributed by atoms with E-state index in [0.29, 0.717) is 18.1 Å². The van der Waals surface area contributed by atoms with Crippen molar-refractivity contribution in [1.29, 1.82) is 0 Å². The van der Waals surface area contributed by atoms with Crippen molar-refractivity contribution in [3.8, 4) is 0 Å². The van der Waals surface area contributed by atoms with Crippen LogP contribution in [0.4, 0.5) is 4.79 Å². The van der Waals surface area contributed by atoms with Gasteiger partial charge in [0, 0.05) is 25.2 Å². The molecule has 1 saturated heterocycles. The smallest absolute Gasteiger partial charge is 0.317 e. The highest BCUT2D eigenvalue weighted by atomic mass is 35.5. The summed E-state index contributed by atoms with van der Waals surface area (Å²) in [6, 6.07) is 4.88. The van der Waals surface area contributed by atoms with Crippen LogP contribution in [-0.4, -0.2) is 36.5 Å². The molecule has 0 bridgehead atoms. The first kappa shape index (κ1) is 13.7. The standard InChI is InChI=1S/C13H16ClN3O2/c1-8-5-10(14)4-3-9(8)6-15-12(18)11-7-16-13(19)17(11)2/h3-5,11H,6-7H2,1-2H3,(H,15,18)(H,16,19)/t11-/m0/s1. The maximum Gasteiger partial charge on any atom is 0.317 e. The van der Waals surface area contributed by atoms with E-state index in [0.717, 1.165) is 11.1 Å². The molecule has 0 aliphatic carbocycles. The van der Waals surface area contributed by atoms with Crippen LogP contribution in [0.5, 0.6) is 0 Å².